The monoisotopic (exact) mass is 476 g/mol. The Morgan fingerprint density at radius 3 is 2.53 bits per heavy atom. The van der Waals surface area contributed by atoms with Gasteiger partial charge in [0.1, 0.15) is 0 Å². The summed E-state index contributed by atoms with van der Waals surface area (Å²) in [5, 5.41) is 3.04. The molecule has 6 nitrogen and oxygen atoms in total. The van der Waals surface area contributed by atoms with Gasteiger partial charge in [-0.1, -0.05) is 48.5 Å². The molecule has 0 radical (unpaired) electrons. The van der Waals surface area contributed by atoms with Crippen molar-refractivity contribution in [1.29, 1.82) is 0 Å². The second-order valence-electron chi connectivity index (χ2n) is 9.05. The van der Waals surface area contributed by atoms with Gasteiger partial charge in [-0.3, -0.25) is 14.6 Å². The van der Waals surface area contributed by atoms with Crippen molar-refractivity contribution in [2.75, 3.05) is 16.8 Å². The van der Waals surface area contributed by atoms with Gasteiger partial charge >= 0.3 is 0 Å². The van der Waals surface area contributed by atoms with Gasteiger partial charge in [-0.2, -0.15) is 0 Å². The number of nitrogens with one attached hydrogen (secondary N) is 1. The zero-order valence-corrected chi connectivity index (χ0v) is 20.1. The highest BCUT2D eigenvalue weighted by Gasteiger charge is 2.25. The molecule has 0 saturated carbocycles. The Kier molecular flexibility index (Phi) is 6.60. The van der Waals surface area contributed by atoms with Crippen LogP contribution in [0.4, 0.5) is 11.4 Å². The average Bonchev–Trinajstić information content (AvgIpc) is 3.33. The van der Waals surface area contributed by atoms with Crippen LogP contribution in [-0.2, 0) is 17.6 Å². The van der Waals surface area contributed by atoms with Gasteiger partial charge in [-0.05, 0) is 72.0 Å². The molecule has 1 aliphatic rings. The molecule has 0 bridgehead atoms. The number of hydrogen-bond acceptors (Lipinski definition) is 4. The Balaban J connectivity index is 1.32. The number of nitrogens with zero attached hydrogens (tertiary/aromatic N) is 2. The van der Waals surface area contributed by atoms with Crippen LogP contribution in [0, 0.1) is 0 Å². The molecule has 6 heteroatoms. The number of fused-ring (bicyclic) bond motifs is 1. The lowest BCUT2D eigenvalue weighted by Crippen LogP contribution is -2.30. The number of hydrogen-bond donors (Lipinski definition) is 2. The van der Waals surface area contributed by atoms with Crippen molar-refractivity contribution in [3.05, 3.63) is 114 Å². The van der Waals surface area contributed by atoms with Crippen molar-refractivity contribution in [3.63, 3.8) is 0 Å². The quantitative estimate of drug-likeness (QED) is 0.403. The average molecular weight is 477 g/mol. The van der Waals surface area contributed by atoms with Crippen molar-refractivity contribution >= 4 is 23.2 Å². The number of pyridine rings is 1. The zero-order valence-electron chi connectivity index (χ0n) is 20.1. The summed E-state index contributed by atoms with van der Waals surface area (Å²) in [5.41, 5.74) is 12.8. The van der Waals surface area contributed by atoms with Gasteiger partial charge < -0.3 is 16.0 Å². The number of amides is 2. The minimum atomic E-state index is -0.178. The van der Waals surface area contributed by atoms with Crippen molar-refractivity contribution in [3.8, 4) is 11.1 Å². The number of anilines is 2. The third-order valence-electron chi connectivity index (χ3n) is 6.51. The second kappa shape index (κ2) is 10.1. The molecule has 2 heterocycles. The Labute approximate surface area is 210 Å². The zero-order chi connectivity index (χ0) is 25.1. The summed E-state index contributed by atoms with van der Waals surface area (Å²) >= 11 is 0. The van der Waals surface area contributed by atoms with Crippen LogP contribution >= 0.6 is 0 Å². The van der Waals surface area contributed by atoms with E-state index in [0.29, 0.717) is 17.8 Å². The maximum atomic E-state index is 13.3. The molecule has 0 spiro atoms. The molecule has 5 rings (SSSR count). The van der Waals surface area contributed by atoms with Crippen LogP contribution in [0.1, 0.15) is 40.1 Å². The molecule has 0 aliphatic carbocycles. The Hall–Kier alpha value is -4.29. The summed E-state index contributed by atoms with van der Waals surface area (Å²) in [4.78, 5) is 32.2. The van der Waals surface area contributed by atoms with E-state index in [-0.39, 0.29) is 24.3 Å². The molecular weight excluding hydrogens is 448 g/mol. The Morgan fingerprint density at radius 2 is 1.78 bits per heavy atom. The number of carbonyl (C=O) groups excluding carboxylic acids is 2. The maximum Gasteiger partial charge on any atom is 0.256 e. The third kappa shape index (κ3) is 4.90. The molecule has 36 heavy (non-hydrogen) atoms. The van der Waals surface area contributed by atoms with Gasteiger partial charge in [0.2, 0.25) is 5.91 Å². The van der Waals surface area contributed by atoms with E-state index in [4.69, 9.17) is 5.73 Å². The van der Waals surface area contributed by atoms with E-state index in [0.717, 1.165) is 40.1 Å². The molecule has 0 saturated heterocycles. The van der Waals surface area contributed by atoms with E-state index >= 15 is 0 Å². The Bertz CT molecular complexity index is 1400. The first-order chi connectivity index (χ1) is 17.5. The molecule has 1 unspecified atom stereocenters. The van der Waals surface area contributed by atoms with Gasteiger partial charge in [0.15, 0.2) is 0 Å². The SMILES string of the molecule is CC(N)c1ccc(-c2ccccc2C(=O)Nc2ccc3c(c2)CCN3C(=O)Cc2ccccn2)cc1. The summed E-state index contributed by atoms with van der Waals surface area (Å²) in [6.45, 7) is 2.57. The van der Waals surface area contributed by atoms with Gasteiger partial charge in [0.05, 0.1) is 6.42 Å². The largest absolute Gasteiger partial charge is 0.324 e. The highest BCUT2D eigenvalue weighted by atomic mass is 16.2. The van der Waals surface area contributed by atoms with Crippen molar-refractivity contribution in [2.45, 2.75) is 25.8 Å². The van der Waals surface area contributed by atoms with Crippen molar-refractivity contribution in [2.24, 2.45) is 5.73 Å². The normalized spacial score (nSPS) is 13.2. The summed E-state index contributed by atoms with van der Waals surface area (Å²) in [6.07, 6.45) is 2.71. The fourth-order valence-corrected chi connectivity index (χ4v) is 4.59. The summed E-state index contributed by atoms with van der Waals surface area (Å²) in [6, 6.07) is 26.8. The predicted molar refractivity (Wildman–Crippen MR) is 143 cm³/mol. The van der Waals surface area contributed by atoms with E-state index < -0.39 is 0 Å². The van der Waals surface area contributed by atoms with Crippen LogP contribution in [0.5, 0.6) is 0 Å². The second-order valence-corrected chi connectivity index (χ2v) is 9.05. The molecule has 1 aromatic heterocycles. The molecule has 1 atom stereocenters. The van der Waals surface area contributed by atoms with E-state index in [1.54, 1.807) is 11.1 Å². The van der Waals surface area contributed by atoms with E-state index in [2.05, 4.69) is 10.3 Å². The lowest BCUT2D eigenvalue weighted by molar-refractivity contribution is -0.117. The fraction of sp³-hybridized carbons (Fsp3) is 0.167. The van der Waals surface area contributed by atoms with Gasteiger partial charge in [0.25, 0.3) is 5.91 Å². The molecule has 1 aliphatic heterocycles. The van der Waals surface area contributed by atoms with E-state index in [1.165, 1.54) is 0 Å². The van der Waals surface area contributed by atoms with Crippen molar-refractivity contribution in [1.82, 2.24) is 4.98 Å². The number of nitrogens with two attached hydrogens (primary N) is 1. The van der Waals surface area contributed by atoms with Gasteiger partial charge in [0, 0.05) is 41.4 Å². The summed E-state index contributed by atoms with van der Waals surface area (Å²) < 4.78 is 0. The third-order valence-corrected chi connectivity index (χ3v) is 6.51. The molecule has 180 valence electrons. The van der Waals surface area contributed by atoms with Crippen LogP contribution in [-0.4, -0.2) is 23.3 Å². The first-order valence-electron chi connectivity index (χ1n) is 12.1. The van der Waals surface area contributed by atoms with Gasteiger partial charge in [-0.25, -0.2) is 0 Å². The highest BCUT2D eigenvalue weighted by Crippen LogP contribution is 2.32. The van der Waals surface area contributed by atoms with Crippen LogP contribution in [0.2, 0.25) is 0 Å². The topological polar surface area (TPSA) is 88.3 Å². The minimum absolute atomic E-state index is 0.0215. The summed E-state index contributed by atoms with van der Waals surface area (Å²) in [7, 11) is 0. The van der Waals surface area contributed by atoms with Crippen molar-refractivity contribution < 1.29 is 9.59 Å². The lowest BCUT2D eigenvalue weighted by Gasteiger charge is -2.17. The van der Waals surface area contributed by atoms with Crippen LogP contribution in [0.3, 0.4) is 0 Å². The molecule has 4 aromatic rings. The lowest BCUT2D eigenvalue weighted by atomic mass is 9.97. The predicted octanol–water partition coefficient (Wildman–Crippen LogP) is 5.15. The minimum Gasteiger partial charge on any atom is -0.324 e. The van der Waals surface area contributed by atoms with Gasteiger partial charge in [-0.15, -0.1) is 0 Å². The molecule has 2 amide bonds. The smallest absolute Gasteiger partial charge is 0.256 e. The first kappa shape index (κ1) is 23.5. The number of aromatic nitrogens is 1. The molecular formula is C30H28N4O2. The highest BCUT2D eigenvalue weighted by molar-refractivity contribution is 6.09. The first-order valence-corrected chi connectivity index (χ1v) is 12.1. The molecule has 0 fully saturated rings. The standard InChI is InChI=1S/C30H28N4O2/c1-20(31)21-9-11-22(12-10-21)26-7-2-3-8-27(26)30(36)33-25-13-14-28-23(18-25)15-17-34(28)29(35)19-24-6-4-5-16-32-24/h2-14,16,18,20H,15,17,19,31H2,1H3,(H,33,36). The van der Waals surface area contributed by atoms with E-state index in [9.17, 15) is 9.59 Å². The number of benzene rings is 3. The molecule has 3 aromatic carbocycles. The number of rotatable bonds is 6. The number of carbonyl (C=O) groups is 2. The summed E-state index contributed by atoms with van der Waals surface area (Å²) in [5.74, 6) is -0.156. The fourth-order valence-electron chi connectivity index (χ4n) is 4.59. The Morgan fingerprint density at radius 1 is 1.00 bits per heavy atom. The van der Waals surface area contributed by atoms with Crippen LogP contribution in [0.15, 0.2) is 91.1 Å². The maximum absolute atomic E-state index is 13.3. The van der Waals surface area contributed by atoms with E-state index in [1.807, 2.05) is 91.9 Å². The van der Waals surface area contributed by atoms with Crippen LogP contribution in [0.25, 0.3) is 11.1 Å². The molecule has 3 N–H and O–H groups in total. The van der Waals surface area contributed by atoms with Crippen LogP contribution < -0.4 is 16.0 Å².